The topological polar surface area (TPSA) is 90.5 Å². The summed E-state index contributed by atoms with van der Waals surface area (Å²) >= 11 is 0. The number of alkyl halides is 3. The highest BCUT2D eigenvalue weighted by Gasteiger charge is 2.53. The SMILES string of the molecule is O=C(c1ccc(C(=O)N2C[C@@H](C(F)(F)F)[C@H](C(=O)O)C2)cc1)c1cc[nH]c1. The van der Waals surface area contributed by atoms with E-state index in [9.17, 15) is 27.6 Å². The van der Waals surface area contributed by atoms with E-state index in [-0.39, 0.29) is 11.3 Å². The number of nitrogens with one attached hydrogen (secondary N) is 1. The van der Waals surface area contributed by atoms with Crippen LogP contribution in [0.1, 0.15) is 26.3 Å². The second-order valence-corrected chi connectivity index (χ2v) is 6.31. The molecule has 1 aromatic carbocycles. The van der Waals surface area contributed by atoms with E-state index in [0.29, 0.717) is 11.1 Å². The predicted octanol–water partition coefficient (Wildman–Crippen LogP) is 2.58. The Morgan fingerprint density at radius 3 is 2.11 bits per heavy atom. The summed E-state index contributed by atoms with van der Waals surface area (Å²) in [5.74, 6) is -6.34. The molecule has 2 aromatic rings. The minimum absolute atomic E-state index is 0.0904. The maximum Gasteiger partial charge on any atom is 0.394 e. The normalized spacial score (nSPS) is 19.9. The molecule has 1 aromatic heterocycles. The summed E-state index contributed by atoms with van der Waals surface area (Å²) in [4.78, 5) is 39.4. The Bertz CT molecular complexity index is 860. The fourth-order valence-corrected chi connectivity index (χ4v) is 3.13. The van der Waals surface area contributed by atoms with Crippen molar-refractivity contribution in [2.75, 3.05) is 13.1 Å². The van der Waals surface area contributed by atoms with Crippen LogP contribution in [0.3, 0.4) is 0 Å². The van der Waals surface area contributed by atoms with Gasteiger partial charge in [0.1, 0.15) is 0 Å². The molecule has 0 saturated carbocycles. The van der Waals surface area contributed by atoms with E-state index in [1.807, 2.05) is 0 Å². The summed E-state index contributed by atoms with van der Waals surface area (Å²) in [7, 11) is 0. The van der Waals surface area contributed by atoms with Gasteiger partial charge in [0.05, 0.1) is 11.8 Å². The van der Waals surface area contributed by atoms with Crippen molar-refractivity contribution in [1.82, 2.24) is 9.88 Å². The number of likely N-dealkylation sites (tertiary alicyclic amines) is 1. The summed E-state index contributed by atoms with van der Waals surface area (Å²) in [5, 5.41) is 9.03. The third-order valence-electron chi connectivity index (χ3n) is 4.60. The molecule has 9 heteroatoms. The Balaban J connectivity index is 1.76. The number of aromatic nitrogens is 1. The Morgan fingerprint density at radius 1 is 1.00 bits per heavy atom. The van der Waals surface area contributed by atoms with Crippen molar-refractivity contribution in [3.63, 3.8) is 0 Å². The number of nitrogens with zero attached hydrogens (tertiary/aromatic N) is 1. The summed E-state index contributed by atoms with van der Waals surface area (Å²) in [6, 6.07) is 7.11. The second-order valence-electron chi connectivity index (χ2n) is 6.31. The molecule has 0 bridgehead atoms. The molecule has 1 fully saturated rings. The van der Waals surface area contributed by atoms with Gasteiger partial charge >= 0.3 is 12.1 Å². The lowest BCUT2D eigenvalue weighted by molar-refractivity contribution is -0.187. The lowest BCUT2D eigenvalue weighted by Gasteiger charge is -2.18. The van der Waals surface area contributed by atoms with Crippen molar-refractivity contribution in [2.24, 2.45) is 11.8 Å². The van der Waals surface area contributed by atoms with E-state index >= 15 is 0 Å². The van der Waals surface area contributed by atoms with Crippen molar-refractivity contribution in [1.29, 1.82) is 0 Å². The fourth-order valence-electron chi connectivity index (χ4n) is 3.13. The van der Waals surface area contributed by atoms with Crippen LogP contribution in [0.2, 0.25) is 0 Å². The van der Waals surface area contributed by atoms with Gasteiger partial charge in [-0.3, -0.25) is 14.4 Å². The van der Waals surface area contributed by atoms with Crippen LogP contribution in [0, 0.1) is 11.8 Å². The summed E-state index contributed by atoms with van der Waals surface area (Å²) < 4.78 is 39.1. The van der Waals surface area contributed by atoms with Gasteiger partial charge in [0.2, 0.25) is 0 Å². The number of rotatable bonds is 4. The third-order valence-corrected chi connectivity index (χ3v) is 4.60. The molecular weight excluding hydrogens is 365 g/mol. The number of aliphatic carboxylic acids is 1. The number of aromatic amines is 1. The van der Waals surface area contributed by atoms with Crippen LogP contribution < -0.4 is 0 Å². The number of amides is 1. The number of benzene rings is 1. The molecule has 1 aliphatic rings. The maximum absolute atomic E-state index is 13.0. The molecule has 0 spiro atoms. The van der Waals surface area contributed by atoms with E-state index < -0.39 is 43.0 Å². The monoisotopic (exact) mass is 380 g/mol. The van der Waals surface area contributed by atoms with Crippen LogP contribution >= 0.6 is 0 Å². The molecule has 3 rings (SSSR count). The van der Waals surface area contributed by atoms with Crippen molar-refractivity contribution in [2.45, 2.75) is 6.18 Å². The Labute approximate surface area is 151 Å². The van der Waals surface area contributed by atoms with Gasteiger partial charge in [-0.2, -0.15) is 13.2 Å². The average molecular weight is 380 g/mol. The van der Waals surface area contributed by atoms with Crippen molar-refractivity contribution >= 4 is 17.7 Å². The number of carboxylic acids is 1. The summed E-state index contributed by atoms with van der Waals surface area (Å²) in [5.41, 5.74) is 0.850. The van der Waals surface area contributed by atoms with Crippen LogP contribution in [0.4, 0.5) is 13.2 Å². The number of carbonyl (C=O) groups excluding carboxylic acids is 2. The first kappa shape index (κ1) is 18.7. The van der Waals surface area contributed by atoms with Crippen LogP contribution in [0.25, 0.3) is 0 Å². The standard InChI is InChI=1S/C18H15F3N2O4/c19-18(20,21)14-9-23(8-13(14)17(26)27)16(25)11-3-1-10(2-4-11)15(24)12-5-6-22-7-12/h1-7,13-14,22H,8-9H2,(H,26,27)/t13-,14-/m1/s1. The van der Waals surface area contributed by atoms with E-state index in [2.05, 4.69) is 4.98 Å². The van der Waals surface area contributed by atoms with Gasteiger partial charge in [-0.15, -0.1) is 0 Å². The number of ketones is 1. The minimum atomic E-state index is -4.70. The molecule has 1 saturated heterocycles. The zero-order chi connectivity index (χ0) is 19.8. The number of carboxylic acid groups (broad SMARTS) is 1. The van der Waals surface area contributed by atoms with Crippen LogP contribution in [0.15, 0.2) is 42.7 Å². The first-order valence-corrected chi connectivity index (χ1v) is 8.05. The average Bonchev–Trinajstić information content (AvgIpc) is 3.30. The number of halogens is 3. The van der Waals surface area contributed by atoms with Gasteiger partial charge in [0, 0.05) is 42.2 Å². The highest BCUT2D eigenvalue weighted by molar-refractivity contribution is 6.09. The molecule has 0 aliphatic carbocycles. The third kappa shape index (κ3) is 3.71. The number of carbonyl (C=O) groups is 3. The smallest absolute Gasteiger partial charge is 0.394 e. The molecule has 1 aliphatic heterocycles. The minimum Gasteiger partial charge on any atom is -0.481 e. The van der Waals surface area contributed by atoms with Gasteiger partial charge in [0.15, 0.2) is 5.78 Å². The number of hydrogen-bond acceptors (Lipinski definition) is 3. The second kappa shape index (κ2) is 6.90. The van der Waals surface area contributed by atoms with E-state index in [1.54, 1.807) is 12.3 Å². The van der Waals surface area contributed by atoms with Gasteiger partial charge in [-0.25, -0.2) is 0 Å². The number of hydrogen-bond donors (Lipinski definition) is 2. The molecule has 142 valence electrons. The van der Waals surface area contributed by atoms with E-state index in [4.69, 9.17) is 5.11 Å². The first-order valence-electron chi connectivity index (χ1n) is 8.05. The zero-order valence-corrected chi connectivity index (χ0v) is 13.9. The Hall–Kier alpha value is -3.10. The molecule has 27 heavy (non-hydrogen) atoms. The lowest BCUT2D eigenvalue weighted by Crippen LogP contribution is -2.34. The van der Waals surface area contributed by atoms with Crippen molar-refractivity contribution < 1.29 is 32.7 Å². The zero-order valence-electron chi connectivity index (χ0n) is 13.9. The maximum atomic E-state index is 13.0. The Kier molecular flexibility index (Phi) is 4.77. The highest BCUT2D eigenvalue weighted by atomic mass is 19.4. The summed E-state index contributed by atoms with van der Waals surface area (Å²) in [6.45, 7) is -1.22. The molecular formula is C18H15F3N2O4. The molecule has 2 N–H and O–H groups in total. The van der Waals surface area contributed by atoms with Gasteiger partial charge < -0.3 is 15.0 Å². The van der Waals surface area contributed by atoms with Gasteiger partial charge in [-0.05, 0) is 18.2 Å². The largest absolute Gasteiger partial charge is 0.481 e. The quantitative estimate of drug-likeness (QED) is 0.798. The molecule has 2 atom stereocenters. The first-order chi connectivity index (χ1) is 12.7. The Morgan fingerprint density at radius 2 is 1.63 bits per heavy atom. The van der Waals surface area contributed by atoms with Gasteiger partial charge in [0.25, 0.3) is 5.91 Å². The van der Waals surface area contributed by atoms with Crippen LogP contribution in [-0.4, -0.2) is 51.9 Å². The van der Waals surface area contributed by atoms with Crippen LogP contribution in [-0.2, 0) is 4.79 Å². The van der Waals surface area contributed by atoms with Crippen LogP contribution in [0.5, 0.6) is 0 Å². The number of H-pyrrole nitrogens is 1. The molecule has 0 radical (unpaired) electrons. The summed E-state index contributed by atoms with van der Waals surface area (Å²) in [6.07, 6.45) is -1.59. The van der Waals surface area contributed by atoms with Gasteiger partial charge in [-0.1, -0.05) is 12.1 Å². The van der Waals surface area contributed by atoms with Crippen molar-refractivity contribution in [3.05, 3.63) is 59.4 Å². The lowest BCUT2D eigenvalue weighted by atomic mass is 9.96. The highest BCUT2D eigenvalue weighted by Crippen LogP contribution is 2.38. The molecule has 0 unspecified atom stereocenters. The van der Waals surface area contributed by atoms with E-state index in [1.165, 1.54) is 30.5 Å². The fraction of sp³-hybridized carbons (Fsp3) is 0.278. The predicted molar refractivity (Wildman–Crippen MR) is 87.2 cm³/mol. The molecule has 1 amide bonds. The van der Waals surface area contributed by atoms with Crippen molar-refractivity contribution in [3.8, 4) is 0 Å². The molecule has 6 nitrogen and oxygen atoms in total. The van der Waals surface area contributed by atoms with E-state index in [0.717, 1.165) is 4.90 Å². The molecule has 2 heterocycles.